The molecule has 0 aromatic carbocycles. The van der Waals surface area contributed by atoms with Crippen molar-refractivity contribution in [1.29, 1.82) is 0 Å². The van der Waals surface area contributed by atoms with Gasteiger partial charge in [0.15, 0.2) is 0 Å². The van der Waals surface area contributed by atoms with Crippen molar-refractivity contribution >= 4 is 5.69 Å². The first-order chi connectivity index (χ1) is 6.84. The van der Waals surface area contributed by atoms with Crippen LogP contribution < -0.4 is 5.32 Å². The minimum atomic E-state index is 0.729. The highest BCUT2D eigenvalue weighted by Gasteiger charge is 1.95. The number of nitrogens with zero attached hydrogens (tertiary/aromatic N) is 3. The van der Waals surface area contributed by atoms with Crippen LogP contribution >= 0.6 is 0 Å². The lowest BCUT2D eigenvalue weighted by Crippen LogP contribution is -2.01. The van der Waals surface area contributed by atoms with Crippen LogP contribution in [0.25, 0.3) is 0 Å². The summed E-state index contributed by atoms with van der Waals surface area (Å²) in [6.45, 7) is 0.729. The van der Waals surface area contributed by atoms with Crippen molar-refractivity contribution in [3.05, 3.63) is 42.5 Å². The van der Waals surface area contributed by atoms with Crippen LogP contribution in [0.15, 0.2) is 36.8 Å². The van der Waals surface area contributed by atoms with Crippen molar-refractivity contribution in [3.8, 4) is 0 Å². The number of aromatic nitrogens is 3. The predicted octanol–water partition coefficient (Wildman–Crippen LogP) is 1.43. The largest absolute Gasteiger partial charge is 0.378 e. The van der Waals surface area contributed by atoms with Crippen LogP contribution in [0.4, 0.5) is 5.69 Å². The lowest BCUT2D eigenvalue weighted by Gasteiger charge is -2.02. The zero-order valence-corrected chi connectivity index (χ0v) is 8.01. The van der Waals surface area contributed by atoms with Gasteiger partial charge in [-0.15, -0.1) is 0 Å². The molecule has 2 aromatic heterocycles. The number of rotatable bonds is 3. The molecule has 4 nitrogen and oxygen atoms in total. The van der Waals surface area contributed by atoms with E-state index in [1.54, 1.807) is 17.1 Å². The molecule has 0 radical (unpaired) electrons. The average Bonchev–Trinajstić information content (AvgIpc) is 2.63. The van der Waals surface area contributed by atoms with Crippen LogP contribution in [0, 0.1) is 0 Å². The Morgan fingerprint density at radius 3 is 3.00 bits per heavy atom. The van der Waals surface area contributed by atoms with Crippen LogP contribution in [0.1, 0.15) is 5.69 Å². The fourth-order valence-corrected chi connectivity index (χ4v) is 1.22. The topological polar surface area (TPSA) is 42.7 Å². The van der Waals surface area contributed by atoms with E-state index < -0.39 is 0 Å². The van der Waals surface area contributed by atoms with Crippen LogP contribution in [0.3, 0.4) is 0 Å². The second-order valence-electron chi connectivity index (χ2n) is 3.08. The van der Waals surface area contributed by atoms with E-state index in [4.69, 9.17) is 0 Å². The van der Waals surface area contributed by atoms with Gasteiger partial charge in [0.1, 0.15) is 0 Å². The van der Waals surface area contributed by atoms with Crippen LogP contribution in [0.5, 0.6) is 0 Å². The molecule has 0 amide bonds. The third-order valence-corrected chi connectivity index (χ3v) is 1.90. The van der Waals surface area contributed by atoms with E-state index in [-0.39, 0.29) is 0 Å². The minimum absolute atomic E-state index is 0.729. The second-order valence-corrected chi connectivity index (χ2v) is 3.08. The number of hydrogen-bond donors (Lipinski definition) is 1. The molecule has 72 valence electrons. The van der Waals surface area contributed by atoms with Gasteiger partial charge >= 0.3 is 0 Å². The maximum absolute atomic E-state index is 4.26. The number of anilines is 1. The zero-order valence-electron chi connectivity index (χ0n) is 8.01. The van der Waals surface area contributed by atoms with Gasteiger partial charge in [0.05, 0.1) is 17.9 Å². The van der Waals surface area contributed by atoms with Gasteiger partial charge in [0, 0.05) is 25.6 Å². The molecule has 0 fully saturated rings. The van der Waals surface area contributed by atoms with E-state index in [1.807, 2.05) is 31.4 Å². The van der Waals surface area contributed by atoms with Crippen LogP contribution in [-0.2, 0) is 13.6 Å². The Hall–Kier alpha value is -1.84. The van der Waals surface area contributed by atoms with E-state index in [0.29, 0.717) is 0 Å². The Kier molecular flexibility index (Phi) is 2.44. The van der Waals surface area contributed by atoms with E-state index in [9.17, 15) is 0 Å². The molecule has 0 unspecified atom stereocenters. The average molecular weight is 188 g/mol. The maximum Gasteiger partial charge on any atom is 0.0815 e. The molecule has 0 aliphatic carbocycles. The molecule has 0 aliphatic rings. The molecule has 0 saturated heterocycles. The van der Waals surface area contributed by atoms with Gasteiger partial charge in [-0.1, -0.05) is 0 Å². The highest BCUT2D eigenvalue weighted by atomic mass is 15.3. The molecule has 0 aliphatic heterocycles. The SMILES string of the molecule is Cn1ccc(CNc2cccnc2)n1. The number of pyridine rings is 1. The first kappa shape index (κ1) is 8.74. The molecule has 2 heterocycles. The monoisotopic (exact) mass is 188 g/mol. The molecule has 1 N–H and O–H groups in total. The first-order valence-electron chi connectivity index (χ1n) is 4.47. The van der Waals surface area contributed by atoms with Gasteiger partial charge in [-0.25, -0.2) is 0 Å². The van der Waals surface area contributed by atoms with E-state index in [1.165, 1.54) is 0 Å². The van der Waals surface area contributed by atoms with Crippen LogP contribution in [-0.4, -0.2) is 14.8 Å². The zero-order chi connectivity index (χ0) is 9.80. The van der Waals surface area contributed by atoms with Crippen molar-refractivity contribution in [1.82, 2.24) is 14.8 Å². The lowest BCUT2D eigenvalue weighted by atomic mass is 10.4. The first-order valence-corrected chi connectivity index (χ1v) is 4.47. The summed E-state index contributed by atoms with van der Waals surface area (Å²) in [5, 5.41) is 7.50. The predicted molar refractivity (Wildman–Crippen MR) is 54.8 cm³/mol. The molecule has 0 spiro atoms. The molecule has 2 aromatic rings. The summed E-state index contributed by atoms with van der Waals surface area (Å²) >= 11 is 0. The van der Waals surface area contributed by atoms with Gasteiger partial charge in [-0.2, -0.15) is 5.10 Å². The van der Waals surface area contributed by atoms with E-state index >= 15 is 0 Å². The third kappa shape index (κ3) is 2.10. The minimum Gasteiger partial charge on any atom is -0.378 e. The van der Waals surface area contributed by atoms with Crippen LogP contribution in [0.2, 0.25) is 0 Å². The lowest BCUT2D eigenvalue weighted by molar-refractivity contribution is 0.747. The Morgan fingerprint density at radius 2 is 2.36 bits per heavy atom. The maximum atomic E-state index is 4.26. The normalized spacial score (nSPS) is 10.1. The third-order valence-electron chi connectivity index (χ3n) is 1.90. The van der Waals surface area contributed by atoms with Crippen molar-refractivity contribution in [2.45, 2.75) is 6.54 Å². The molecule has 14 heavy (non-hydrogen) atoms. The standard InChI is InChI=1S/C10H12N4/c1-14-6-4-10(13-14)8-12-9-3-2-5-11-7-9/h2-7,12H,8H2,1H3. The van der Waals surface area contributed by atoms with Gasteiger partial charge < -0.3 is 5.32 Å². The highest BCUT2D eigenvalue weighted by molar-refractivity contribution is 5.39. The molecule has 2 rings (SSSR count). The van der Waals surface area contributed by atoms with Crippen molar-refractivity contribution < 1.29 is 0 Å². The molecular weight excluding hydrogens is 176 g/mol. The molecule has 0 atom stereocenters. The Morgan fingerprint density at radius 1 is 1.43 bits per heavy atom. The van der Waals surface area contributed by atoms with E-state index in [2.05, 4.69) is 15.4 Å². The molecular formula is C10H12N4. The fourth-order valence-electron chi connectivity index (χ4n) is 1.22. The van der Waals surface area contributed by atoms with Gasteiger partial charge in [-0.3, -0.25) is 9.67 Å². The quantitative estimate of drug-likeness (QED) is 0.792. The summed E-state index contributed by atoms with van der Waals surface area (Å²) in [5.41, 5.74) is 2.04. The number of nitrogens with one attached hydrogen (secondary N) is 1. The second kappa shape index (κ2) is 3.91. The fraction of sp³-hybridized carbons (Fsp3) is 0.200. The van der Waals surface area contributed by atoms with Crippen molar-refractivity contribution in [3.63, 3.8) is 0 Å². The molecule has 4 heteroatoms. The van der Waals surface area contributed by atoms with E-state index in [0.717, 1.165) is 17.9 Å². The number of aryl methyl sites for hydroxylation is 1. The Labute approximate surface area is 82.6 Å². The summed E-state index contributed by atoms with van der Waals surface area (Å²) in [5.74, 6) is 0. The number of hydrogen-bond acceptors (Lipinski definition) is 3. The highest BCUT2D eigenvalue weighted by Crippen LogP contribution is 2.04. The van der Waals surface area contributed by atoms with Gasteiger partial charge in [0.2, 0.25) is 0 Å². The van der Waals surface area contributed by atoms with Gasteiger partial charge in [0.25, 0.3) is 0 Å². The molecule has 0 bridgehead atoms. The smallest absolute Gasteiger partial charge is 0.0815 e. The summed E-state index contributed by atoms with van der Waals surface area (Å²) < 4.78 is 1.79. The van der Waals surface area contributed by atoms with Gasteiger partial charge in [-0.05, 0) is 18.2 Å². The molecule has 0 saturated carbocycles. The summed E-state index contributed by atoms with van der Waals surface area (Å²) in [6, 6.07) is 5.88. The Balaban J connectivity index is 1.95. The Bertz CT molecular complexity index is 394. The van der Waals surface area contributed by atoms with Crippen molar-refractivity contribution in [2.75, 3.05) is 5.32 Å². The summed E-state index contributed by atoms with van der Waals surface area (Å²) in [6.07, 6.45) is 5.48. The summed E-state index contributed by atoms with van der Waals surface area (Å²) in [4.78, 5) is 4.01. The van der Waals surface area contributed by atoms with Crippen molar-refractivity contribution in [2.24, 2.45) is 7.05 Å². The summed E-state index contributed by atoms with van der Waals surface area (Å²) in [7, 11) is 1.91.